The van der Waals surface area contributed by atoms with Gasteiger partial charge >= 0.3 is 0 Å². The number of hydrogen-bond donors (Lipinski definition) is 0. The maximum Gasteiger partial charge on any atom is 0.162 e. The molecule has 0 atom stereocenters. The van der Waals surface area contributed by atoms with Crippen molar-refractivity contribution in [2.75, 3.05) is 26.9 Å². The van der Waals surface area contributed by atoms with E-state index in [9.17, 15) is 9.18 Å². The molecule has 0 saturated carbocycles. The molecule has 0 saturated heterocycles. The highest BCUT2D eigenvalue weighted by molar-refractivity contribution is 5.95. The zero-order valence-electron chi connectivity index (χ0n) is 9.95. The molecule has 0 aromatic heterocycles. The summed E-state index contributed by atoms with van der Waals surface area (Å²) in [6, 6.07) is 5.59. The molecule has 0 N–H and O–H groups in total. The monoisotopic (exact) mass is 240 g/mol. The molecule has 0 aliphatic carbocycles. The van der Waals surface area contributed by atoms with E-state index < -0.39 is 0 Å². The van der Waals surface area contributed by atoms with Gasteiger partial charge in [0.2, 0.25) is 0 Å². The van der Waals surface area contributed by atoms with Crippen molar-refractivity contribution in [2.45, 2.75) is 12.8 Å². The highest BCUT2D eigenvalue weighted by Crippen LogP contribution is 2.07. The Morgan fingerprint density at radius 2 is 1.88 bits per heavy atom. The van der Waals surface area contributed by atoms with Crippen LogP contribution in [-0.4, -0.2) is 32.7 Å². The third-order valence-electron chi connectivity index (χ3n) is 2.29. The van der Waals surface area contributed by atoms with E-state index >= 15 is 0 Å². The van der Waals surface area contributed by atoms with Crippen LogP contribution in [0.5, 0.6) is 0 Å². The maximum absolute atomic E-state index is 12.6. The summed E-state index contributed by atoms with van der Waals surface area (Å²) in [7, 11) is 1.61. The number of hydrogen-bond acceptors (Lipinski definition) is 3. The number of benzene rings is 1. The fraction of sp³-hybridized carbons (Fsp3) is 0.462. The fourth-order valence-corrected chi connectivity index (χ4v) is 1.36. The molecule has 1 rings (SSSR count). The van der Waals surface area contributed by atoms with E-state index in [-0.39, 0.29) is 11.6 Å². The molecule has 1 aromatic carbocycles. The minimum atomic E-state index is -0.329. The summed E-state index contributed by atoms with van der Waals surface area (Å²) in [6.45, 7) is 1.64. The summed E-state index contributed by atoms with van der Waals surface area (Å²) in [4.78, 5) is 11.6. The highest BCUT2D eigenvalue weighted by atomic mass is 19.1. The molecule has 17 heavy (non-hydrogen) atoms. The first-order valence-electron chi connectivity index (χ1n) is 5.59. The van der Waals surface area contributed by atoms with Gasteiger partial charge in [-0.2, -0.15) is 0 Å². The predicted molar refractivity (Wildman–Crippen MR) is 62.7 cm³/mol. The second-order valence-corrected chi connectivity index (χ2v) is 3.64. The van der Waals surface area contributed by atoms with Gasteiger partial charge in [-0.25, -0.2) is 4.39 Å². The second kappa shape index (κ2) is 7.92. The molecule has 0 unspecified atom stereocenters. The Labute approximate surface area is 101 Å². The zero-order valence-corrected chi connectivity index (χ0v) is 9.95. The molecule has 0 aliphatic heterocycles. The van der Waals surface area contributed by atoms with Gasteiger partial charge in [0, 0.05) is 25.7 Å². The van der Waals surface area contributed by atoms with Crippen LogP contribution in [0.1, 0.15) is 23.2 Å². The van der Waals surface area contributed by atoms with Crippen molar-refractivity contribution >= 4 is 5.78 Å². The van der Waals surface area contributed by atoms with Crippen LogP contribution in [0.3, 0.4) is 0 Å². The Morgan fingerprint density at radius 1 is 1.18 bits per heavy atom. The van der Waals surface area contributed by atoms with E-state index in [1.54, 1.807) is 7.11 Å². The maximum atomic E-state index is 12.6. The summed E-state index contributed by atoms with van der Waals surface area (Å²) in [5.41, 5.74) is 0.545. The van der Waals surface area contributed by atoms with E-state index in [0.717, 1.165) is 0 Å². The van der Waals surface area contributed by atoms with Crippen LogP contribution in [0.25, 0.3) is 0 Å². The van der Waals surface area contributed by atoms with Crippen LogP contribution in [0.15, 0.2) is 24.3 Å². The smallest absolute Gasteiger partial charge is 0.162 e. The van der Waals surface area contributed by atoms with Crippen LogP contribution >= 0.6 is 0 Å². The number of halogens is 1. The van der Waals surface area contributed by atoms with Gasteiger partial charge in [0.05, 0.1) is 13.2 Å². The van der Waals surface area contributed by atoms with Crippen LogP contribution in [0.2, 0.25) is 0 Å². The molecule has 94 valence electrons. The van der Waals surface area contributed by atoms with Crippen LogP contribution in [0, 0.1) is 5.82 Å². The number of methoxy groups -OCH3 is 1. The number of carbonyl (C=O) groups is 1. The average molecular weight is 240 g/mol. The Balaban J connectivity index is 2.19. The highest BCUT2D eigenvalue weighted by Gasteiger charge is 2.05. The third-order valence-corrected chi connectivity index (χ3v) is 2.29. The molecule has 0 fully saturated rings. The molecule has 0 aliphatic rings. The Bertz CT molecular complexity index is 335. The molecule has 0 radical (unpaired) electrons. The quantitative estimate of drug-likeness (QED) is 0.517. The number of ketones is 1. The molecule has 3 nitrogen and oxygen atoms in total. The van der Waals surface area contributed by atoms with Gasteiger partial charge in [-0.3, -0.25) is 4.79 Å². The van der Waals surface area contributed by atoms with Crippen molar-refractivity contribution in [3.05, 3.63) is 35.6 Å². The van der Waals surface area contributed by atoms with Crippen molar-refractivity contribution in [1.82, 2.24) is 0 Å². The van der Waals surface area contributed by atoms with Crippen molar-refractivity contribution in [1.29, 1.82) is 0 Å². The molecule has 1 aromatic rings. The number of Topliss-reactive ketones (excluding diaryl/α,β-unsaturated/α-hetero) is 1. The lowest BCUT2D eigenvalue weighted by atomic mass is 10.1. The summed E-state index contributed by atoms with van der Waals surface area (Å²) in [5.74, 6) is -0.315. The van der Waals surface area contributed by atoms with E-state index in [2.05, 4.69) is 0 Å². The van der Waals surface area contributed by atoms with E-state index in [0.29, 0.717) is 38.2 Å². The van der Waals surface area contributed by atoms with Crippen molar-refractivity contribution < 1.29 is 18.7 Å². The zero-order chi connectivity index (χ0) is 12.5. The topological polar surface area (TPSA) is 35.5 Å². The Morgan fingerprint density at radius 3 is 2.53 bits per heavy atom. The van der Waals surface area contributed by atoms with Crippen molar-refractivity contribution in [2.24, 2.45) is 0 Å². The minimum Gasteiger partial charge on any atom is -0.382 e. The van der Waals surface area contributed by atoms with Crippen LogP contribution in [0.4, 0.5) is 4.39 Å². The SMILES string of the molecule is COCCOCCCC(=O)c1ccc(F)cc1. The largest absolute Gasteiger partial charge is 0.382 e. The van der Waals surface area contributed by atoms with E-state index in [1.807, 2.05) is 0 Å². The number of rotatable bonds is 8. The number of ether oxygens (including phenoxy) is 2. The van der Waals surface area contributed by atoms with Gasteiger partial charge < -0.3 is 9.47 Å². The first-order chi connectivity index (χ1) is 8.24. The van der Waals surface area contributed by atoms with Gasteiger partial charge in [0.25, 0.3) is 0 Å². The van der Waals surface area contributed by atoms with Gasteiger partial charge in [0.1, 0.15) is 5.82 Å². The van der Waals surface area contributed by atoms with Gasteiger partial charge in [-0.15, -0.1) is 0 Å². The minimum absolute atomic E-state index is 0.0142. The lowest BCUT2D eigenvalue weighted by Gasteiger charge is -2.03. The van der Waals surface area contributed by atoms with E-state index in [1.165, 1.54) is 24.3 Å². The molecule has 4 heteroatoms. The summed E-state index contributed by atoms with van der Waals surface area (Å²) in [6.07, 6.45) is 1.08. The van der Waals surface area contributed by atoms with Crippen molar-refractivity contribution in [3.8, 4) is 0 Å². The predicted octanol–water partition coefficient (Wildman–Crippen LogP) is 2.45. The van der Waals surface area contributed by atoms with Crippen LogP contribution in [-0.2, 0) is 9.47 Å². The summed E-state index contributed by atoms with van der Waals surface area (Å²) >= 11 is 0. The molecule has 0 bridgehead atoms. The molecular formula is C13H17FO3. The normalized spacial score (nSPS) is 10.5. The number of carbonyl (C=O) groups excluding carboxylic acids is 1. The second-order valence-electron chi connectivity index (χ2n) is 3.64. The van der Waals surface area contributed by atoms with E-state index in [4.69, 9.17) is 9.47 Å². The first kappa shape index (κ1) is 13.8. The molecule has 0 heterocycles. The van der Waals surface area contributed by atoms with Gasteiger partial charge in [-0.05, 0) is 30.7 Å². The first-order valence-corrected chi connectivity index (χ1v) is 5.59. The molecule has 0 amide bonds. The van der Waals surface area contributed by atoms with Gasteiger partial charge in [-0.1, -0.05) is 0 Å². The lowest BCUT2D eigenvalue weighted by Crippen LogP contribution is -2.05. The molecular weight excluding hydrogens is 223 g/mol. The molecule has 0 spiro atoms. The fourth-order valence-electron chi connectivity index (χ4n) is 1.36. The Kier molecular flexibility index (Phi) is 6.43. The third kappa shape index (κ3) is 5.56. The Hall–Kier alpha value is -1.26. The summed E-state index contributed by atoms with van der Waals surface area (Å²) in [5, 5.41) is 0. The van der Waals surface area contributed by atoms with Crippen molar-refractivity contribution in [3.63, 3.8) is 0 Å². The van der Waals surface area contributed by atoms with Gasteiger partial charge in [0.15, 0.2) is 5.78 Å². The average Bonchev–Trinajstić information content (AvgIpc) is 2.34. The standard InChI is InChI=1S/C13H17FO3/c1-16-9-10-17-8-2-3-13(15)11-4-6-12(14)7-5-11/h4-7H,2-3,8-10H2,1H3. The van der Waals surface area contributed by atoms with Crippen LogP contribution < -0.4 is 0 Å². The summed E-state index contributed by atoms with van der Waals surface area (Å²) < 4.78 is 22.7. The lowest BCUT2D eigenvalue weighted by molar-refractivity contribution is 0.0670.